The molecule has 0 spiro atoms. The van der Waals surface area contributed by atoms with E-state index in [2.05, 4.69) is 320 Å². The minimum Gasteiger partial charge on any atom is -0.317 e. The zero-order valence-electron chi connectivity index (χ0n) is 41.7. The summed E-state index contributed by atoms with van der Waals surface area (Å²) >= 11 is 0. The Kier molecular flexibility index (Phi) is 14.2. The summed E-state index contributed by atoms with van der Waals surface area (Å²) in [7, 11) is 0. The lowest BCUT2D eigenvalue weighted by molar-refractivity contribution is 1.27. The molecule has 1 aliphatic rings. The molecule has 2 nitrogen and oxygen atoms in total. The Hall–Kier alpha value is -10.1. The maximum Gasteiger partial charge on any atom is 0.0973 e. The Balaban J connectivity index is 1.05. The van der Waals surface area contributed by atoms with Crippen LogP contribution in [0.25, 0.3) is 55.7 Å². The van der Waals surface area contributed by atoms with E-state index < -0.39 is 0 Å². The van der Waals surface area contributed by atoms with Gasteiger partial charge in [-0.3, -0.25) is 0 Å². The van der Waals surface area contributed by atoms with E-state index in [-0.39, 0.29) is 0 Å². The summed E-state index contributed by atoms with van der Waals surface area (Å²) in [5, 5.41) is 0. The molecule has 1 aliphatic carbocycles. The third-order valence-electron chi connectivity index (χ3n) is 13.5. The van der Waals surface area contributed by atoms with E-state index in [9.17, 15) is 0 Å². The van der Waals surface area contributed by atoms with Crippen LogP contribution in [0, 0.1) is 12.1 Å². The molecule has 0 atom stereocenters. The van der Waals surface area contributed by atoms with Crippen molar-refractivity contribution in [1.29, 1.82) is 0 Å². The average molecular weight is 957 g/mol. The molecule has 0 saturated heterocycles. The van der Waals surface area contributed by atoms with Crippen LogP contribution in [0.15, 0.2) is 320 Å². The van der Waals surface area contributed by atoms with Crippen LogP contribution in [-0.2, 0) is 0 Å². The van der Waals surface area contributed by atoms with Gasteiger partial charge in [-0.05, 0) is 159 Å². The first-order chi connectivity index (χ1) is 37.2. The SMILES string of the molecule is C\C=C(/C(=C(\C=C\N(c1ccc(-c2ccccc2)cc1)c1ccc(-c2ccccc2)cc1)C1=C=C=CC=C1)c1ccc(N(c2c#cc(-c3ccccc3)cc2)c2ccc(-c3ccccc3)cc2)cc1)c1ccccc1. The minimum absolute atomic E-state index is 0.885. The molecule has 75 heavy (non-hydrogen) atoms. The van der Waals surface area contributed by atoms with Crippen molar-refractivity contribution < 1.29 is 0 Å². The molecule has 0 N–H and O–H groups in total. The molecular weight excluding hydrogens is 905 g/mol. The number of benzene rings is 9. The smallest absolute Gasteiger partial charge is 0.0973 e. The highest BCUT2D eigenvalue weighted by molar-refractivity contribution is 6.08. The maximum absolute atomic E-state index is 3.54. The van der Waals surface area contributed by atoms with Gasteiger partial charge < -0.3 is 9.80 Å². The number of allylic oxidation sites excluding steroid dienone is 9. The normalized spacial score (nSPS) is 12.2. The summed E-state index contributed by atoms with van der Waals surface area (Å²) in [5.41, 5.74) is 27.1. The Morgan fingerprint density at radius 1 is 0.400 bits per heavy atom. The molecule has 0 bridgehead atoms. The summed E-state index contributed by atoms with van der Waals surface area (Å²) in [6, 6.07) is 99.2. The summed E-state index contributed by atoms with van der Waals surface area (Å²) in [5.74, 6) is 0. The molecule has 11 rings (SSSR count). The van der Waals surface area contributed by atoms with Gasteiger partial charge in [-0.1, -0.05) is 230 Å². The molecule has 10 aromatic rings. The van der Waals surface area contributed by atoms with Crippen LogP contribution in [-0.4, -0.2) is 0 Å². The third-order valence-corrected chi connectivity index (χ3v) is 13.5. The summed E-state index contributed by atoms with van der Waals surface area (Å²) in [6.07, 6.45) is 12.7. The van der Waals surface area contributed by atoms with Crippen molar-refractivity contribution in [1.82, 2.24) is 0 Å². The van der Waals surface area contributed by atoms with Crippen LogP contribution in [0.4, 0.5) is 28.4 Å². The van der Waals surface area contributed by atoms with Crippen molar-refractivity contribution in [3.63, 3.8) is 0 Å². The van der Waals surface area contributed by atoms with E-state index in [1.54, 1.807) is 0 Å². The van der Waals surface area contributed by atoms with Gasteiger partial charge in [0, 0.05) is 40.1 Å². The van der Waals surface area contributed by atoms with Crippen molar-refractivity contribution >= 4 is 39.6 Å². The van der Waals surface area contributed by atoms with Gasteiger partial charge in [0.15, 0.2) is 0 Å². The van der Waals surface area contributed by atoms with Crippen LogP contribution in [0.3, 0.4) is 0 Å². The predicted molar refractivity (Wildman–Crippen MR) is 316 cm³/mol. The summed E-state index contributed by atoms with van der Waals surface area (Å²) in [6.45, 7) is 2.13. The zero-order valence-corrected chi connectivity index (χ0v) is 41.7. The second-order valence-corrected chi connectivity index (χ2v) is 18.1. The van der Waals surface area contributed by atoms with Gasteiger partial charge in [-0.15, -0.1) is 0 Å². The number of anilines is 5. The number of nitrogens with zero attached hydrogens (tertiary/aromatic N) is 2. The van der Waals surface area contributed by atoms with E-state index in [1.807, 2.05) is 18.2 Å². The van der Waals surface area contributed by atoms with Gasteiger partial charge in [-0.2, -0.15) is 0 Å². The topological polar surface area (TPSA) is 6.48 Å². The molecule has 10 aromatic carbocycles. The molecular formula is C73H52N2. The van der Waals surface area contributed by atoms with Crippen LogP contribution in [0.5, 0.6) is 0 Å². The maximum atomic E-state index is 3.54. The second kappa shape index (κ2) is 22.5. The first-order valence-electron chi connectivity index (χ1n) is 25.4. The number of hydrogen-bond acceptors (Lipinski definition) is 2. The fourth-order valence-electron chi connectivity index (χ4n) is 9.64. The lowest BCUT2D eigenvalue weighted by atomic mass is 9.85. The average Bonchev–Trinajstić information content (AvgIpc) is 3.50. The highest BCUT2D eigenvalue weighted by Crippen LogP contribution is 2.41. The fraction of sp³-hybridized carbons (Fsp3) is 0.0137. The molecule has 0 fully saturated rings. The van der Waals surface area contributed by atoms with E-state index in [4.69, 9.17) is 0 Å². The molecule has 0 aliphatic heterocycles. The molecule has 2 heteroatoms. The van der Waals surface area contributed by atoms with Gasteiger partial charge in [0.05, 0.1) is 5.69 Å². The van der Waals surface area contributed by atoms with Crippen molar-refractivity contribution in [2.75, 3.05) is 9.80 Å². The molecule has 354 valence electrons. The van der Waals surface area contributed by atoms with Crippen LogP contribution in [0.1, 0.15) is 18.1 Å². The van der Waals surface area contributed by atoms with Crippen LogP contribution in [0.2, 0.25) is 0 Å². The Bertz CT molecular complexity index is 3580. The first-order valence-corrected chi connectivity index (χ1v) is 25.4. The summed E-state index contributed by atoms with van der Waals surface area (Å²) < 4.78 is 0. The number of rotatable bonds is 15. The highest BCUT2D eigenvalue weighted by atomic mass is 15.1. The lowest BCUT2D eigenvalue weighted by Gasteiger charge is -2.25. The van der Waals surface area contributed by atoms with Gasteiger partial charge >= 0.3 is 0 Å². The molecule has 0 radical (unpaired) electrons. The monoisotopic (exact) mass is 956 g/mol. The first kappa shape index (κ1) is 47.2. The summed E-state index contributed by atoms with van der Waals surface area (Å²) in [4.78, 5) is 4.53. The molecule has 0 saturated carbocycles. The van der Waals surface area contributed by atoms with E-state index >= 15 is 0 Å². The van der Waals surface area contributed by atoms with Crippen molar-refractivity contribution in [2.24, 2.45) is 0 Å². The van der Waals surface area contributed by atoms with Gasteiger partial charge in [-0.25, -0.2) is 0 Å². The molecule has 0 unspecified atom stereocenters. The van der Waals surface area contributed by atoms with Crippen molar-refractivity contribution in [3.05, 3.63) is 343 Å². The lowest BCUT2D eigenvalue weighted by Crippen LogP contribution is -2.10. The third kappa shape index (κ3) is 10.7. The van der Waals surface area contributed by atoms with E-state index in [1.165, 1.54) is 16.7 Å². The Morgan fingerprint density at radius 3 is 1.28 bits per heavy atom. The Labute approximate surface area is 441 Å². The van der Waals surface area contributed by atoms with E-state index in [0.29, 0.717) is 0 Å². The molecule has 0 amide bonds. The molecule has 0 heterocycles. The number of hydrogen-bond donors (Lipinski definition) is 0. The molecule has 0 aromatic heterocycles. The van der Waals surface area contributed by atoms with Crippen LogP contribution < -0.4 is 9.80 Å². The Morgan fingerprint density at radius 2 is 0.840 bits per heavy atom. The fourth-order valence-corrected chi connectivity index (χ4v) is 9.64. The minimum atomic E-state index is 0.885. The zero-order chi connectivity index (χ0) is 50.6. The van der Waals surface area contributed by atoms with Gasteiger partial charge in [0.1, 0.15) is 0 Å². The largest absolute Gasteiger partial charge is 0.317 e. The van der Waals surface area contributed by atoms with Crippen LogP contribution >= 0.6 is 0 Å². The predicted octanol–water partition coefficient (Wildman–Crippen LogP) is 19.4. The van der Waals surface area contributed by atoms with Gasteiger partial charge in [0.25, 0.3) is 0 Å². The van der Waals surface area contributed by atoms with Crippen molar-refractivity contribution in [2.45, 2.75) is 6.92 Å². The second-order valence-electron chi connectivity index (χ2n) is 18.1. The van der Waals surface area contributed by atoms with E-state index in [0.717, 1.165) is 89.7 Å². The standard InChI is InChI=1S/C73H52N2/c1-2-71(63-29-17-7-18-30-63)73(65-41-51-70(52-42-65)75(68-47-37-61(38-48-68)57-25-13-5-14-26-57)69-49-39-62(40-50-69)58-27-15-6-16-28-58)72(64-31-19-8-20-32-64)53-54-74(66-43-33-59(34-44-66)55-21-9-3-10-22-55)67-45-35-60(36-46-67)56-23-11-4-12-24-56/h2-19,21-31,33-39,41-49,51-54H,1H3/b54-53+,71-2-,73-72+. The quantitative estimate of drug-likeness (QED) is 0.0746. The van der Waals surface area contributed by atoms with Gasteiger partial charge in [0.2, 0.25) is 0 Å². The highest BCUT2D eigenvalue weighted by Gasteiger charge is 2.20. The van der Waals surface area contributed by atoms with Crippen molar-refractivity contribution in [3.8, 4) is 44.5 Å².